The van der Waals surface area contributed by atoms with E-state index < -0.39 is 15.9 Å². The first kappa shape index (κ1) is 21.6. The zero-order valence-corrected chi connectivity index (χ0v) is 17.0. The Hall–Kier alpha value is -1.40. The smallest absolute Gasteiger partial charge is 0.236 e. The molecule has 1 rings (SSSR count). The zero-order valence-electron chi connectivity index (χ0n) is 16.2. The summed E-state index contributed by atoms with van der Waals surface area (Å²) in [7, 11) is -3.12. The molecule has 142 valence electrons. The normalized spacial score (nSPS) is 14.2. The monoisotopic (exact) mass is 368 g/mol. The first-order chi connectivity index (χ1) is 11.2. The molecule has 0 saturated carbocycles. The quantitative estimate of drug-likeness (QED) is 0.772. The highest BCUT2D eigenvalue weighted by Crippen LogP contribution is 2.27. The van der Waals surface area contributed by atoms with E-state index in [1.807, 2.05) is 0 Å². The van der Waals surface area contributed by atoms with Crippen molar-refractivity contribution in [2.75, 3.05) is 18.6 Å². The molecular formula is C19H32N2O3S. The van der Waals surface area contributed by atoms with Gasteiger partial charge in [0.05, 0.1) is 11.8 Å². The molecule has 1 aromatic rings. The Morgan fingerprint density at radius 1 is 1.08 bits per heavy atom. The van der Waals surface area contributed by atoms with Crippen molar-refractivity contribution in [3.8, 4) is 0 Å². The molecule has 0 aromatic heterocycles. The lowest BCUT2D eigenvalue weighted by Gasteiger charge is -2.28. The zero-order chi connectivity index (χ0) is 19.5. The minimum Gasteiger partial charge on any atom is -0.354 e. The van der Waals surface area contributed by atoms with Gasteiger partial charge in [0.1, 0.15) is 9.84 Å². The van der Waals surface area contributed by atoms with Crippen molar-refractivity contribution in [3.05, 3.63) is 35.4 Å². The number of nitrogens with two attached hydrogens (primary N) is 1. The van der Waals surface area contributed by atoms with Crippen LogP contribution < -0.4 is 11.1 Å². The summed E-state index contributed by atoms with van der Waals surface area (Å²) in [5.74, 6) is -0.401. The average molecular weight is 369 g/mol. The highest BCUT2D eigenvalue weighted by atomic mass is 32.2. The van der Waals surface area contributed by atoms with Crippen LogP contribution in [0.3, 0.4) is 0 Å². The van der Waals surface area contributed by atoms with Gasteiger partial charge in [0.15, 0.2) is 0 Å². The van der Waals surface area contributed by atoms with Crippen LogP contribution in [0.15, 0.2) is 24.3 Å². The Labute approximate surface area is 152 Å². The van der Waals surface area contributed by atoms with Gasteiger partial charge < -0.3 is 11.1 Å². The molecule has 1 aromatic carbocycles. The van der Waals surface area contributed by atoms with E-state index in [2.05, 4.69) is 64.2 Å². The molecule has 0 aliphatic carbocycles. The van der Waals surface area contributed by atoms with Crippen molar-refractivity contribution in [2.45, 2.75) is 57.9 Å². The molecule has 0 aliphatic rings. The Morgan fingerprint density at radius 2 is 1.56 bits per heavy atom. The number of carbonyl (C=O) groups excluding carboxylic acids is 1. The van der Waals surface area contributed by atoms with Crippen LogP contribution in [-0.4, -0.2) is 38.9 Å². The van der Waals surface area contributed by atoms with Gasteiger partial charge in [-0.25, -0.2) is 8.42 Å². The molecule has 1 atom stereocenters. The Kier molecular flexibility index (Phi) is 6.81. The predicted octanol–water partition coefficient (Wildman–Crippen LogP) is 2.14. The Morgan fingerprint density at radius 3 is 2.00 bits per heavy atom. The van der Waals surface area contributed by atoms with E-state index >= 15 is 0 Å². The predicted molar refractivity (Wildman–Crippen MR) is 103 cm³/mol. The fraction of sp³-hybridized carbons (Fsp3) is 0.632. The largest absolute Gasteiger partial charge is 0.354 e. The minimum absolute atomic E-state index is 0.0841. The summed E-state index contributed by atoms with van der Waals surface area (Å²) in [5.41, 5.74) is 8.03. The molecular weight excluding hydrogens is 336 g/mol. The lowest BCUT2D eigenvalue weighted by molar-refractivity contribution is -0.122. The standard InChI is InChI=1S/C19H32N2O3S/c1-18(2,3)14-7-9-15(10-8-14)19(4,5)13-21-17(22)16(20)11-12-25(6,23)24/h7-10,16H,11-13,20H2,1-6H3,(H,21,22). The number of hydrogen-bond donors (Lipinski definition) is 2. The first-order valence-electron chi connectivity index (χ1n) is 8.54. The number of carbonyl (C=O) groups is 1. The van der Waals surface area contributed by atoms with E-state index in [9.17, 15) is 13.2 Å². The van der Waals surface area contributed by atoms with E-state index in [0.717, 1.165) is 11.8 Å². The fourth-order valence-electron chi connectivity index (χ4n) is 2.43. The molecule has 0 saturated heterocycles. The second-order valence-corrected chi connectivity index (χ2v) is 10.7. The highest BCUT2D eigenvalue weighted by molar-refractivity contribution is 7.90. The van der Waals surface area contributed by atoms with Gasteiger partial charge >= 0.3 is 0 Å². The molecule has 25 heavy (non-hydrogen) atoms. The van der Waals surface area contributed by atoms with Gasteiger partial charge in [-0.3, -0.25) is 4.79 Å². The second-order valence-electron chi connectivity index (χ2n) is 8.45. The van der Waals surface area contributed by atoms with Gasteiger partial charge in [-0.05, 0) is 23.0 Å². The van der Waals surface area contributed by atoms with E-state index in [-0.39, 0.29) is 28.9 Å². The maximum Gasteiger partial charge on any atom is 0.236 e. The summed E-state index contributed by atoms with van der Waals surface area (Å²) >= 11 is 0. The summed E-state index contributed by atoms with van der Waals surface area (Å²) < 4.78 is 22.3. The topological polar surface area (TPSA) is 89.3 Å². The molecule has 0 aliphatic heterocycles. The molecule has 0 heterocycles. The molecule has 0 fully saturated rings. The molecule has 0 bridgehead atoms. The summed E-state index contributed by atoms with van der Waals surface area (Å²) in [6.07, 6.45) is 1.27. The highest BCUT2D eigenvalue weighted by Gasteiger charge is 2.24. The summed E-state index contributed by atoms with van der Waals surface area (Å²) in [6.45, 7) is 11.1. The van der Waals surface area contributed by atoms with E-state index in [4.69, 9.17) is 5.73 Å². The van der Waals surface area contributed by atoms with E-state index in [0.29, 0.717) is 6.54 Å². The van der Waals surface area contributed by atoms with Crippen LogP contribution in [-0.2, 0) is 25.5 Å². The molecule has 6 heteroatoms. The van der Waals surface area contributed by atoms with Crippen molar-refractivity contribution in [1.29, 1.82) is 0 Å². The SMILES string of the molecule is CC(C)(C)c1ccc(C(C)(C)CNC(=O)C(N)CCS(C)(=O)=O)cc1. The van der Waals surface area contributed by atoms with Gasteiger partial charge in [-0.15, -0.1) is 0 Å². The minimum atomic E-state index is -3.12. The Bertz CT molecular complexity index is 686. The van der Waals surface area contributed by atoms with Gasteiger partial charge in [0, 0.05) is 18.2 Å². The van der Waals surface area contributed by atoms with Crippen molar-refractivity contribution >= 4 is 15.7 Å². The second kappa shape index (κ2) is 7.87. The Balaban J connectivity index is 2.67. The van der Waals surface area contributed by atoms with Gasteiger partial charge in [-0.2, -0.15) is 0 Å². The number of amides is 1. The number of nitrogens with one attached hydrogen (secondary N) is 1. The van der Waals surface area contributed by atoms with Crippen molar-refractivity contribution < 1.29 is 13.2 Å². The van der Waals surface area contributed by atoms with E-state index in [1.54, 1.807) is 0 Å². The van der Waals surface area contributed by atoms with Gasteiger partial charge in [-0.1, -0.05) is 58.9 Å². The van der Waals surface area contributed by atoms with Crippen molar-refractivity contribution in [3.63, 3.8) is 0 Å². The molecule has 0 radical (unpaired) electrons. The van der Waals surface area contributed by atoms with Crippen molar-refractivity contribution in [1.82, 2.24) is 5.32 Å². The maximum absolute atomic E-state index is 12.1. The van der Waals surface area contributed by atoms with E-state index in [1.165, 1.54) is 5.56 Å². The molecule has 1 amide bonds. The molecule has 1 unspecified atom stereocenters. The lowest BCUT2D eigenvalue weighted by Crippen LogP contribution is -2.45. The molecule has 3 N–H and O–H groups in total. The van der Waals surface area contributed by atoms with Gasteiger partial charge in [0.25, 0.3) is 0 Å². The third-order valence-corrected chi connectivity index (χ3v) is 5.35. The number of benzene rings is 1. The molecule has 5 nitrogen and oxygen atoms in total. The third kappa shape index (κ3) is 7.16. The first-order valence-corrected chi connectivity index (χ1v) is 10.6. The van der Waals surface area contributed by atoms with Crippen LogP contribution in [0.2, 0.25) is 0 Å². The fourth-order valence-corrected chi connectivity index (χ4v) is 3.12. The summed E-state index contributed by atoms with van der Waals surface area (Å²) in [4.78, 5) is 12.1. The van der Waals surface area contributed by atoms with Crippen LogP contribution in [0.5, 0.6) is 0 Å². The summed E-state index contributed by atoms with van der Waals surface area (Å²) in [5, 5.41) is 2.84. The van der Waals surface area contributed by atoms with Crippen LogP contribution in [0.4, 0.5) is 0 Å². The van der Waals surface area contributed by atoms with Crippen molar-refractivity contribution in [2.24, 2.45) is 5.73 Å². The lowest BCUT2D eigenvalue weighted by atomic mass is 9.81. The average Bonchev–Trinajstić information content (AvgIpc) is 2.49. The number of sulfone groups is 1. The number of rotatable bonds is 7. The van der Waals surface area contributed by atoms with Crippen LogP contribution >= 0.6 is 0 Å². The maximum atomic E-state index is 12.1. The van der Waals surface area contributed by atoms with Crippen LogP contribution in [0, 0.1) is 0 Å². The third-order valence-electron chi connectivity index (χ3n) is 4.37. The van der Waals surface area contributed by atoms with Crippen LogP contribution in [0.25, 0.3) is 0 Å². The van der Waals surface area contributed by atoms with Gasteiger partial charge in [0.2, 0.25) is 5.91 Å². The summed E-state index contributed by atoms with van der Waals surface area (Å²) in [6, 6.07) is 7.62. The molecule has 0 spiro atoms. The van der Waals surface area contributed by atoms with Crippen LogP contribution in [0.1, 0.15) is 52.2 Å². The number of hydrogen-bond acceptors (Lipinski definition) is 4.